The lowest BCUT2D eigenvalue weighted by Crippen LogP contribution is -2.48. The molecule has 0 fully saturated rings. The van der Waals surface area contributed by atoms with Crippen LogP contribution in [0.5, 0.6) is 0 Å². The van der Waals surface area contributed by atoms with Crippen LogP contribution in [0.1, 0.15) is 99.3 Å². The number of amides is 3. The molecule has 11 heteroatoms. The van der Waals surface area contributed by atoms with Gasteiger partial charge in [-0.3, -0.25) is 19.2 Å². The van der Waals surface area contributed by atoms with Gasteiger partial charge in [0.05, 0.1) is 18.1 Å². The number of aliphatic hydroxyl groups is 1. The van der Waals surface area contributed by atoms with Crippen molar-refractivity contribution >= 4 is 29.9 Å². The lowest BCUT2D eigenvalue weighted by molar-refractivity contribution is -0.161. The molecule has 0 saturated heterocycles. The van der Waals surface area contributed by atoms with Gasteiger partial charge in [0.2, 0.25) is 17.7 Å². The van der Waals surface area contributed by atoms with Crippen molar-refractivity contribution in [1.29, 1.82) is 0 Å². The Kier molecular flexibility index (Phi) is 16.6. The van der Waals surface area contributed by atoms with Crippen molar-refractivity contribution in [2.24, 2.45) is 21.4 Å². The van der Waals surface area contributed by atoms with Crippen LogP contribution in [0.15, 0.2) is 5.16 Å². The van der Waals surface area contributed by atoms with Gasteiger partial charge in [-0.15, -0.1) is 5.16 Å². The fourth-order valence-corrected chi connectivity index (χ4v) is 4.67. The van der Waals surface area contributed by atoms with Crippen LogP contribution in [-0.2, 0) is 23.9 Å². The Morgan fingerprint density at radius 3 is 2.18 bits per heavy atom. The SMILES string of the molecule is CCC(C)(CC(C)(CC(C)(C)C(=O)NCCCCCC(=O)NC)C(=O)OCCC/C=N/O)C(=O)NCC(C)O. The molecular weight excluding hydrogens is 504 g/mol. The Morgan fingerprint density at radius 2 is 1.62 bits per heavy atom. The second-order valence-corrected chi connectivity index (χ2v) is 11.6. The molecule has 0 spiro atoms. The molecule has 5 N–H and O–H groups in total. The van der Waals surface area contributed by atoms with Gasteiger partial charge in [0.15, 0.2) is 0 Å². The lowest BCUT2D eigenvalue weighted by atomic mass is 9.64. The molecule has 0 aromatic rings. The Balaban J connectivity index is 5.57. The summed E-state index contributed by atoms with van der Waals surface area (Å²) in [6.45, 7) is 11.2. The molecule has 0 saturated carbocycles. The van der Waals surface area contributed by atoms with Gasteiger partial charge in [-0.1, -0.05) is 34.1 Å². The highest BCUT2D eigenvalue weighted by Gasteiger charge is 2.48. The van der Waals surface area contributed by atoms with Crippen LogP contribution in [-0.4, -0.2) is 73.1 Å². The summed E-state index contributed by atoms with van der Waals surface area (Å²) in [6.07, 6.45) is 4.97. The van der Waals surface area contributed by atoms with Crippen LogP contribution >= 0.6 is 0 Å². The maximum Gasteiger partial charge on any atom is 0.311 e. The highest BCUT2D eigenvalue weighted by atomic mass is 16.5. The molecule has 0 aliphatic carbocycles. The number of nitrogens with zero attached hydrogens (tertiary/aromatic N) is 1. The molecule has 226 valence electrons. The third kappa shape index (κ3) is 13.8. The van der Waals surface area contributed by atoms with E-state index in [0.29, 0.717) is 32.2 Å². The normalized spacial score (nSPS) is 15.6. The van der Waals surface area contributed by atoms with Crippen molar-refractivity contribution in [2.45, 2.75) is 105 Å². The first-order chi connectivity index (χ1) is 18.2. The fraction of sp³-hybridized carbons (Fsp3) is 0.821. The molecule has 39 heavy (non-hydrogen) atoms. The number of aliphatic hydroxyl groups excluding tert-OH is 1. The minimum absolute atomic E-state index is 0.00787. The number of carbonyl (C=O) groups is 4. The van der Waals surface area contributed by atoms with Gasteiger partial charge < -0.3 is 31.0 Å². The molecule has 11 nitrogen and oxygen atoms in total. The first-order valence-electron chi connectivity index (χ1n) is 14.0. The van der Waals surface area contributed by atoms with E-state index in [0.717, 1.165) is 19.3 Å². The number of ether oxygens (including phenoxy) is 1. The monoisotopic (exact) mass is 556 g/mol. The molecule has 0 radical (unpaired) electrons. The number of oxime groups is 1. The Labute approximate surface area is 233 Å². The van der Waals surface area contributed by atoms with E-state index in [1.54, 1.807) is 41.7 Å². The molecular formula is C28H52N4O7. The fourth-order valence-electron chi connectivity index (χ4n) is 4.67. The van der Waals surface area contributed by atoms with Crippen LogP contribution in [0.2, 0.25) is 0 Å². The number of carbonyl (C=O) groups excluding carboxylic acids is 4. The zero-order valence-corrected chi connectivity index (χ0v) is 25.0. The lowest BCUT2D eigenvalue weighted by Gasteiger charge is -2.40. The number of unbranched alkanes of at least 4 members (excludes halogenated alkanes) is 3. The quantitative estimate of drug-likeness (QED) is 0.0505. The van der Waals surface area contributed by atoms with Crippen molar-refractivity contribution in [2.75, 3.05) is 26.7 Å². The molecule has 0 heterocycles. The van der Waals surface area contributed by atoms with Gasteiger partial charge in [0.1, 0.15) is 0 Å². The molecule has 0 bridgehead atoms. The van der Waals surface area contributed by atoms with Gasteiger partial charge in [0, 0.05) is 43.6 Å². The van der Waals surface area contributed by atoms with E-state index in [2.05, 4.69) is 21.1 Å². The smallest absolute Gasteiger partial charge is 0.311 e. The van der Waals surface area contributed by atoms with Crippen molar-refractivity contribution in [1.82, 2.24) is 16.0 Å². The van der Waals surface area contributed by atoms with Gasteiger partial charge >= 0.3 is 5.97 Å². The summed E-state index contributed by atoms with van der Waals surface area (Å²) in [5, 5.41) is 29.4. The van der Waals surface area contributed by atoms with Crippen molar-refractivity contribution in [3.8, 4) is 0 Å². The van der Waals surface area contributed by atoms with Gasteiger partial charge in [-0.25, -0.2) is 0 Å². The summed E-state index contributed by atoms with van der Waals surface area (Å²) in [7, 11) is 1.60. The van der Waals surface area contributed by atoms with E-state index in [4.69, 9.17) is 9.94 Å². The second-order valence-electron chi connectivity index (χ2n) is 11.6. The van der Waals surface area contributed by atoms with Gasteiger partial charge in [0.25, 0.3) is 0 Å². The van der Waals surface area contributed by atoms with Gasteiger partial charge in [-0.2, -0.15) is 0 Å². The molecule has 0 aliphatic rings. The maximum absolute atomic E-state index is 13.5. The third-order valence-corrected chi connectivity index (χ3v) is 7.04. The van der Waals surface area contributed by atoms with Crippen molar-refractivity contribution in [3.05, 3.63) is 0 Å². The molecule has 0 aromatic carbocycles. The van der Waals surface area contributed by atoms with Crippen molar-refractivity contribution < 1.29 is 34.2 Å². The van der Waals surface area contributed by atoms with E-state index < -0.39 is 28.3 Å². The Morgan fingerprint density at radius 1 is 0.949 bits per heavy atom. The van der Waals surface area contributed by atoms with E-state index >= 15 is 0 Å². The summed E-state index contributed by atoms with van der Waals surface area (Å²) in [6, 6.07) is 0. The third-order valence-electron chi connectivity index (χ3n) is 7.04. The van der Waals surface area contributed by atoms with Crippen molar-refractivity contribution in [3.63, 3.8) is 0 Å². The Bertz CT molecular complexity index is 816. The predicted octanol–water partition coefficient (Wildman–Crippen LogP) is 2.92. The number of hydrogen-bond acceptors (Lipinski definition) is 8. The highest BCUT2D eigenvalue weighted by Crippen LogP contribution is 2.45. The van der Waals surface area contributed by atoms with E-state index in [9.17, 15) is 24.3 Å². The van der Waals surface area contributed by atoms with Crippen LogP contribution in [0.25, 0.3) is 0 Å². The topological polar surface area (TPSA) is 166 Å². The molecule has 0 rings (SSSR count). The zero-order chi connectivity index (χ0) is 30.1. The molecule has 0 aromatic heterocycles. The second kappa shape index (κ2) is 17.8. The summed E-state index contributed by atoms with van der Waals surface area (Å²) in [5.41, 5.74) is -3.04. The van der Waals surface area contributed by atoms with Crippen LogP contribution in [0.4, 0.5) is 0 Å². The minimum atomic E-state index is -1.16. The maximum atomic E-state index is 13.5. The number of esters is 1. The average Bonchev–Trinajstić information content (AvgIpc) is 2.87. The number of rotatable bonds is 20. The molecule has 3 atom stereocenters. The van der Waals surface area contributed by atoms with Crippen LogP contribution < -0.4 is 16.0 Å². The minimum Gasteiger partial charge on any atom is -0.465 e. The largest absolute Gasteiger partial charge is 0.465 e. The highest BCUT2D eigenvalue weighted by molar-refractivity contribution is 5.86. The number of nitrogens with one attached hydrogen (secondary N) is 3. The predicted molar refractivity (Wildman–Crippen MR) is 150 cm³/mol. The standard InChI is InChI=1S/C28H52N4O7/c1-8-27(5,24(36)31-18-21(2)33)20-28(6,25(37)39-17-13-12-16-32-38)19-26(3,4)23(35)30-15-11-9-10-14-22(34)29-7/h16,21,33,38H,8-15,17-20H2,1-7H3,(H,29,34)(H,30,35)(H,31,36)/b32-16+. The summed E-state index contributed by atoms with van der Waals surface area (Å²) in [5.74, 6) is -0.986. The summed E-state index contributed by atoms with van der Waals surface area (Å²) >= 11 is 0. The first-order valence-corrected chi connectivity index (χ1v) is 14.0. The summed E-state index contributed by atoms with van der Waals surface area (Å²) in [4.78, 5) is 51.1. The van der Waals surface area contributed by atoms with Crippen LogP contribution in [0, 0.1) is 16.2 Å². The van der Waals surface area contributed by atoms with E-state index in [1.807, 2.05) is 6.92 Å². The molecule has 3 amide bonds. The number of hydrogen-bond donors (Lipinski definition) is 5. The van der Waals surface area contributed by atoms with E-state index in [1.165, 1.54) is 6.21 Å². The molecule has 0 aliphatic heterocycles. The molecule has 3 unspecified atom stereocenters. The van der Waals surface area contributed by atoms with E-state index in [-0.39, 0.29) is 43.7 Å². The average molecular weight is 557 g/mol. The Hall–Kier alpha value is -2.69. The zero-order valence-electron chi connectivity index (χ0n) is 25.0. The van der Waals surface area contributed by atoms with Crippen LogP contribution in [0.3, 0.4) is 0 Å². The summed E-state index contributed by atoms with van der Waals surface area (Å²) < 4.78 is 5.58. The first kappa shape index (κ1) is 36.3. The van der Waals surface area contributed by atoms with Gasteiger partial charge in [-0.05, 0) is 58.8 Å².